The number of aliphatic hydroxyl groups excluding tert-OH is 9. The number of aliphatic hydroxyl groups is 10. The number of esters is 2. The zero-order valence-electron chi connectivity index (χ0n) is 49.8. The maximum Gasteiger partial charge on any atom is 0.407 e. The fourth-order valence-electron chi connectivity index (χ4n) is 11.2. The van der Waals surface area contributed by atoms with Crippen LogP contribution in [-0.4, -0.2) is 180 Å². The standard InChI is InChI=1S/C67H89NO19/c1-6-33-82-59(75)32-30-53-57(74)39-67(81)38-47(71)35-56(73)55(72)31-29-45(69)34-46(70)36-60(76)84-43(4)42(3)62(77)41(2)23-17-15-13-11-9-7-8-10-12-14-16-18-24-48(37-58(53)87-67)86-65-64(79)61(63(78)44(5)85-65)68-66(80)83-40-54-51-27-21-19-25-49(51)50-26-20-22-28-52(50)54/h6-28,30,32,41-48,53-58,61-65,69-74,77-79,81H,1,29,31,33-40H2,2-5H3,(H,68,80)/b8-7+,11-9+,12-10+,15-13+,16-14+,23-17+,24-18+,32-30+/t41-,42-,43-,44+,45+,46+,47-,48-,53+,55+,56+,57-,58-,61-,62+,63+,64-,65-,67+/m0/s1. The van der Waals surface area contributed by atoms with Gasteiger partial charge in [-0.05, 0) is 55.4 Å². The number of fused-ring (bicyclic) bond motifs is 5. The molecule has 6 rings (SSSR count). The Morgan fingerprint density at radius 2 is 1.26 bits per heavy atom. The molecule has 0 unspecified atom stereocenters. The van der Waals surface area contributed by atoms with Crippen LogP contribution in [0.1, 0.15) is 96.1 Å². The Balaban J connectivity index is 1.24. The van der Waals surface area contributed by atoms with Gasteiger partial charge in [0.05, 0.1) is 73.5 Å². The predicted molar refractivity (Wildman–Crippen MR) is 324 cm³/mol. The van der Waals surface area contributed by atoms with E-state index in [1.54, 1.807) is 68.5 Å². The smallest absolute Gasteiger partial charge is 0.407 e. The second-order valence-corrected chi connectivity index (χ2v) is 23.0. The van der Waals surface area contributed by atoms with Crippen LogP contribution in [0, 0.1) is 17.8 Å². The number of alkyl carbamates (subject to hydrolysis) is 1. The van der Waals surface area contributed by atoms with Crippen LogP contribution < -0.4 is 5.32 Å². The van der Waals surface area contributed by atoms with Gasteiger partial charge in [0.15, 0.2) is 12.1 Å². The van der Waals surface area contributed by atoms with Crippen LogP contribution in [-0.2, 0) is 38.0 Å². The van der Waals surface area contributed by atoms with Gasteiger partial charge >= 0.3 is 18.0 Å². The topological polar surface area (TPSA) is 321 Å². The third-order valence-corrected chi connectivity index (χ3v) is 16.2. The summed E-state index contributed by atoms with van der Waals surface area (Å²) in [6.07, 6.45) is 6.37. The van der Waals surface area contributed by atoms with Gasteiger partial charge in [-0.15, -0.1) is 0 Å². The average molecular weight is 1210 g/mol. The second kappa shape index (κ2) is 34.5. The van der Waals surface area contributed by atoms with E-state index in [0.717, 1.165) is 28.3 Å². The van der Waals surface area contributed by atoms with Gasteiger partial charge in [-0.2, -0.15) is 0 Å². The second-order valence-electron chi connectivity index (χ2n) is 23.0. The van der Waals surface area contributed by atoms with Gasteiger partial charge in [0, 0.05) is 55.4 Å². The minimum absolute atomic E-state index is 0.0454. The van der Waals surface area contributed by atoms with Crippen LogP contribution in [0.3, 0.4) is 0 Å². The molecule has 2 aromatic carbocycles. The van der Waals surface area contributed by atoms with Crippen molar-refractivity contribution in [2.75, 3.05) is 13.2 Å². The number of carbonyl (C=O) groups excluding carboxylic acids is 3. The van der Waals surface area contributed by atoms with Gasteiger partial charge in [-0.3, -0.25) is 4.79 Å². The minimum atomic E-state index is -2.30. The van der Waals surface area contributed by atoms with E-state index in [-0.39, 0.29) is 50.7 Å². The fourth-order valence-corrected chi connectivity index (χ4v) is 11.2. The molecule has 4 aliphatic rings. The van der Waals surface area contributed by atoms with Crippen LogP contribution in [0.25, 0.3) is 11.1 Å². The molecule has 87 heavy (non-hydrogen) atoms. The number of rotatable bonds is 9. The van der Waals surface area contributed by atoms with E-state index in [1.807, 2.05) is 85.8 Å². The van der Waals surface area contributed by atoms with E-state index in [1.165, 1.54) is 19.1 Å². The highest BCUT2D eigenvalue weighted by Gasteiger charge is 2.49. The van der Waals surface area contributed by atoms with Crippen LogP contribution >= 0.6 is 0 Å². The lowest BCUT2D eigenvalue weighted by Crippen LogP contribution is -2.64. The largest absolute Gasteiger partial charge is 0.462 e. The van der Waals surface area contributed by atoms with E-state index in [9.17, 15) is 65.4 Å². The summed E-state index contributed by atoms with van der Waals surface area (Å²) in [5, 5.41) is 115. The first kappa shape index (κ1) is 69.9. The summed E-state index contributed by atoms with van der Waals surface area (Å²) >= 11 is 0. The monoisotopic (exact) mass is 1210 g/mol. The first-order valence-electron chi connectivity index (χ1n) is 29.9. The quantitative estimate of drug-likeness (QED) is 0.0640. The highest BCUT2D eigenvalue weighted by atomic mass is 16.7. The number of benzene rings is 2. The highest BCUT2D eigenvalue weighted by molar-refractivity contribution is 5.82. The number of allylic oxidation sites excluding steroid dienone is 12. The molecule has 0 saturated carbocycles. The molecule has 20 heteroatoms. The molecule has 19 atom stereocenters. The maximum atomic E-state index is 13.6. The number of ether oxygens (including phenoxy) is 6. The molecule has 1 amide bonds. The minimum Gasteiger partial charge on any atom is -0.462 e. The Kier molecular flexibility index (Phi) is 27.7. The Labute approximate surface area is 509 Å². The molecule has 3 aliphatic heterocycles. The summed E-state index contributed by atoms with van der Waals surface area (Å²) in [6.45, 7) is 10.2. The lowest BCUT2D eigenvalue weighted by atomic mass is 9.82. The lowest BCUT2D eigenvalue weighted by molar-refractivity contribution is -0.306. The van der Waals surface area contributed by atoms with Crippen molar-refractivity contribution in [1.82, 2.24) is 5.32 Å². The summed E-state index contributed by atoms with van der Waals surface area (Å²) in [6, 6.07) is 14.3. The first-order valence-corrected chi connectivity index (χ1v) is 29.9. The molecule has 11 N–H and O–H groups in total. The lowest BCUT2D eigenvalue weighted by Gasteiger charge is -2.46. The van der Waals surface area contributed by atoms with E-state index >= 15 is 0 Å². The number of cyclic esters (lactones) is 1. The number of hydrogen-bond acceptors (Lipinski definition) is 19. The maximum absolute atomic E-state index is 13.6. The normalized spacial score (nSPS) is 37.4. The molecule has 2 aromatic rings. The molecule has 0 spiro atoms. The third-order valence-electron chi connectivity index (χ3n) is 16.2. The molecule has 2 bridgehead atoms. The average Bonchev–Trinajstić information content (AvgIpc) is 1.77. The van der Waals surface area contributed by atoms with Crippen LogP contribution in [0.4, 0.5) is 4.79 Å². The van der Waals surface area contributed by atoms with Crippen molar-refractivity contribution in [3.63, 3.8) is 0 Å². The zero-order chi connectivity index (χ0) is 63.2. The Bertz CT molecular complexity index is 2730. The number of amides is 1. The van der Waals surface area contributed by atoms with Crippen LogP contribution in [0.15, 0.2) is 158 Å². The molecule has 1 aliphatic carbocycles. The number of carbonyl (C=O) groups is 3. The molecular weight excluding hydrogens is 1120 g/mol. The molecule has 0 aromatic heterocycles. The fraction of sp³-hybridized carbons (Fsp3) is 0.507. The van der Waals surface area contributed by atoms with Crippen LogP contribution in [0.5, 0.6) is 0 Å². The SMILES string of the molecule is C=CCOC(=O)/C=C/[C@H]1[C@@H]2C[C@@H](O[C@@H]3O[C@H](C)[C@@H](O)[C@H](NC(=O)OCC4c5ccccc5-c5ccccc54)[C@@H]3O)/C=C/C=C/C=C/C=C/C=C/C=C/C=C/[C@H](C)[C@@H](O)[C@@H](C)[C@H](C)OC(=O)C[C@H](O)C[C@H](O)CC[C@@H](O)[C@H](O)C[C@H](O)C[C@](O)(C[C@@H]1O)O2. The van der Waals surface area contributed by atoms with E-state index in [4.69, 9.17) is 28.4 Å². The Morgan fingerprint density at radius 3 is 1.89 bits per heavy atom. The molecule has 2 fully saturated rings. The van der Waals surface area contributed by atoms with Crippen molar-refractivity contribution in [3.05, 3.63) is 170 Å². The molecular formula is C67H89NO19. The van der Waals surface area contributed by atoms with Crippen LogP contribution in [0.2, 0.25) is 0 Å². The van der Waals surface area contributed by atoms with Crippen molar-refractivity contribution in [2.24, 2.45) is 17.8 Å². The molecule has 20 nitrogen and oxygen atoms in total. The van der Waals surface area contributed by atoms with Crippen molar-refractivity contribution in [1.29, 1.82) is 0 Å². The van der Waals surface area contributed by atoms with Gasteiger partial charge < -0.3 is 84.8 Å². The zero-order valence-corrected chi connectivity index (χ0v) is 49.8. The highest BCUT2D eigenvalue weighted by Crippen LogP contribution is 2.45. The van der Waals surface area contributed by atoms with Crippen molar-refractivity contribution >= 4 is 18.0 Å². The summed E-state index contributed by atoms with van der Waals surface area (Å²) in [7, 11) is 0. The van der Waals surface area contributed by atoms with Gasteiger partial charge in [0.2, 0.25) is 0 Å². The van der Waals surface area contributed by atoms with Crippen molar-refractivity contribution in [2.45, 2.75) is 182 Å². The summed E-state index contributed by atoms with van der Waals surface area (Å²) in [4.78, 5) is 39.1. The van der Waals surface area contributed by atoms with Gasteiger partial charge in [-0.25, -0.2) is 9.59 Å². The summed E-state index contributed by atoms with van der Waals surface area (Å²) in [5.41, 5.74) is 4.02. The van der Waals surface area contributed by atoms with Gasteiger partial charge in [-0.1, -0.05) is 166 Å². The Hall–Kier alpha value is -6.21. The molecule has 3 heterocycles. The van der Waals surface area contributed by atoms with E-state index in [2.05, 4.69) is 11.9 Å². The Morgan fingerprint density at radius 1 is 0.667 bits per heavy atom. The predicted octanol–water partition coefficient (Wildman–Crippen LogP) is 5.49. The summed E-state index contributed by atoms with van der Waals surface area (Å²) < 4.78 is 35.3. The number of nitrogens with one attached hydrogen (secondary N) is 1. The van der Waals surface area contributed by atoms with E-state index < -0.39 is 153 Å². The molecule has 476 valence electrons. The molecule has 2 saturated heterocycles. The summed E-state index contributed by atoms with van der Waals surface area (Å²) in [5.74, 6) is -5.91. The third kappa shape index (κ3) is 21.2. The van der Waals surface area contributed by atoms with Gasteiger partial charge in [0.1, 0.15) is 31.5 Å². The van der Waals surface area contributed by atoms with E-state index in [0.29, 0.717) is 0 Å². The van der Waals surface area contributed by atoms with Crippen molar-refractivity contribution in [3.8, 4) is 11.1 Å². The van der Waals surface area contributed by atoms with Gasteiger partial charge in [0.25, 0.3) is 0 Å². The van der Waals surface area contributed by atoms with Crippen molar-refractivity contribution < 1.29 is 93.9 Å². The first-order chi connectivity index (χ1) is 41.6. The number of hydrogen-bond donors (Lipinski definition) is 11. The molecule has 0 radical (unpaired) electrons.